The van der Waals surface area contributed by atoms with Gasteiger partial charge in [0, 0.05) is 21.8 Å². The molecular weight excluding hydrogens is 475 g/mol. The van der Waals surface area contributed by atoms with Crippen LogP contribution >= 0.6 is 11.6 Å². The van der Waals surface area contributed by atoms with E-state index in [2.05, 4.69) is 0 Å². The standard InChI is InChI=1S/C24H15ClF3NO5/c25-14-2-1-3-15(10-14)29-19-9-8-17(34-16-6-4-13(5-7-16)24(26,27)28)11-18(19)22(23(32)33)20(29)12-21(30)31/h1-11H,12H2,(H,30,31)(H,32,33). The van der Waals surface area contributed by atoms with Gasteiger partial charge in [-0.25, -0.2) is 4.79 Å². The summed E-state index contributed by atoms with van der Waals surface area (Å²) in [5, 5.41) is 19.9. The third-order valence-corrected chi connectivity index (χ3v) is 5.29. The lowest BCUT2D eigenvalue weighted by Gasteiger charge is -2.11. The van der Waals surface area contributed by atoms with Gasteiger partial charge in [0.05, 0.1) is 23.1 Å². The largest absolute Gasteiger partial charge is 0.481 e. The zero-order valence-electron chi connectivity index (χ0n) is 17.1. The van der Waals surface area contributed by atoms with E-state index in [-0.39, 0.29) is 28.1 Å². The number of carboxylic acids is 2. The van der Waals surface area contributed by atoms with E-state index in [1.54, 1.807) is 30.3 Å². The maximum absolute atomic E-state index is 12.8. The van der Waals surface area contributed by atoms with Crippen LogP contribution in [0, 0.1) is 0 Å². The highest BCUT2D eigenvalue weighted by molar-refractivity contribution is 6.30. The average molecular weight is 490 g/mol. The number of hydrogen-bond acceptors (Lipinski definition) is 3. The van der Waals surface area contributed by atoms with Gasteiger partial charge in [-0.1, -0.05) is 17.7 Å². The minimum atomic E-state index is -4.49. The first-order valence-corrected chi connectivity index (χ1v) is 10.2. The summed E-state index contributed by atoms with van der Waals surface area (Å²) < 4.78 is 45.5. The molecule has 0 aliphatic rings. The van der Waals surface area contributed by atoms with Gasteiger partial charge in [0.1, 0.15) is 11.5 Å². The Morgan fingerprint density at radius 2 is 1.62 bits per heavy atom. The van der Waals surface area contributed by atoms with Crippen molar-refractivity contribution in [1.29, 1.82) is 0 Å². The van der Waals surface area contributed by atoms with E-state index in [9.17, 15) is 33.0 Å². The molecule has 174 valence electrons. The van der Waals surface area contributed by atoms with E-state index in [1.807, 2.05) is 0 Å². The summed E-state index contributed by atoms with van der Waals surface area (Å²) in [5.74, 6) is -2.28. The van der Waals surface area contributed by atoms with Gasteiger partial charge in [-0.3, -0.25) is 4.79 Å². The summed E-state index contributed by atoms with van der Waals surface area (Å²) >= 11 is 6.09. The predicted octanol–water partition coefficient (Wildman–Crippen LogP) is 6.42. The number of ether oxygens (including phenoxy) is 1. The molecule has 1 heterocycles. The van der Waals surface area contributed by atoms with Crippen molar-refractivity contribution in [1.82, 2.24) is 4.57 Å². The molecule has 0 bridgehead atoms. The van der Waals surface area contributed by atoms with Crippen LogP contribution in [0.15, 0.2) is 66.7 Å². The Labute approximate surface area is 195 Å². The molecule has 0 saturated carbocycles. The van der Waals surface area contributed by atoms with Crippen LogP contribution in [0.25, 0.3) is 16.6 Å². The number of carbonyl (C=O) groups is 2. The molecule has 0 unspecified atom stereocenters. The van der Waals surface area contributed by atoms with E-state index in [1.165, 1.54) is 16.7 Å². The van der Waals surface area contributed by atoms with E-state index in [0.717, 1.165) is 24.3 Å². The second-order valence-corrected chi connectivity index (χ2v) is 7.75. The first-order chi connectivity index (χ1) is 16.0. The van der Waals surface area contributed by atoms with Crippen molar-refractivity contribution in [2.24, 2.45) is 0 Å². The highest BCUT2D eigenvalue weighted by Crippen LogP contribution is 2.36. The van der Waals surface area contributed by atoms with Crippen molar-refractivity contribution in [2.75, 3.05) is 0 Å². The van der Waals surface area contributed by atoms with Gasteiger partial charge >= 0.3 is 18.1 Å². The maximum atomic E-state index is 12.8. The molecular formula is C24H15ClF3NO5. The fourth-order valence-electron chi connectivity index (χ4n) is 3.69. The summed E-state index contributed by atoms with van der Waals surface area (Å²) in [5.41, 5.74) is -0.159. The van der Waals surface area contributed by atoms with Gasteiger partial charge in [-0.05, 0) is 60.7 Å². The van der Waals surface area contributed by atoms with Crippen molar-refractivity contribution in [3.8, 4) is 17.2 Å². The molecule has 0 fully saturated rings. The number of halogens is 4. The zero-order valence-corrected chi connectivity index (χ0v) is 17.9. The normalized spacial score (nSPS) is 11.5. The number of nitrogens with zero attached hydrogens (tertiary/aromatic N) is 1. The number of carboxylic acid groups (broad SMARTS) is 2. The van der Waals surface area contributed by atoms with Gasteiger partial charge in [0.15, 0.2) is 0 Å². The van der Waals surface area contributed by atoms with Crippen LogP contribution in [0.5, 0.6) is 11.5 Å². The number of benzene rings is 3. The van der Waals surface area contributed by atoms with Crippen LogP contribution in [0.1, 0.15) is 21.6 Å². The summed E-state index contributed by atoms with van der Waals surface area (Å²) in [4.78, 5) is 23.7. The predicted molar refractivity (Wildman–Crippen MR) is 118 cm³/mol. The lowest BCUT2D eigenvalue weighted by molar-refractivity contribution is -0.138. The molecule has 0 aliphatic carbocycles. The molecule has 0 radical (unpaired) electrons. The highest BCUT2D eigenvalue weighted by atomic mass is 35.5. The second kappa shape index (κ2) is 8.75. The fraction of sp³-hybridized carbons (Fsp3) is 0.0833. The van der Waals surface area contributed by atoms with Crippen molar-refractivity contribution in [2.45, 2.75) is 12.6 Å². The lowest BCUT2D eigenvalue weighted by atomic mass is 10.1. The van der Waals surface area contributed by atoms with Crippen LogP contribution in [-0.2, 0) is 17.4 Å². The molecule has 0 aliphatic heterocycles. The van der Waals surface area contributed by atoms with Crippen molar-refractivity contribution < 1.29 is 37.7 Å². The first-order valence-electron chi connectivity index (χ1n) is 9.78. The Morgan fingerprint density at radius 1 is 0.941 bits per heavy atom. The molecule has 10 heteroatoms. The Kier molecular flexibility index (Phi) is 5.97. The molecule has 34 heavy (non-hydrogen) atoms. The molecule has 4 aromatic rings. The van der Waals surface area contributed by atoms with E-state index < -0.39 is 30.1 Å². The summed E-state index contributed by atoms with van der Waals surface area (Å²) in [7, 11) is 0. The van der Waals surface area contributed by atoms with Gasteiger partial charge in [-0.2, -0.15) is 13.2 Å². The van der Waals surface area contributed by atoms with Crippen molar-refractivity contribution >= 4 is 34.4 Å². The molecule has 0 amide bonds. The lowest BCUT2D eigenvalue weighted by Crippen LogP contribution is -2.11. The van der Waals surface area contributed by atoms with Gasteiger partial charge in [-0.15, -0.1) is 0 Å². The van der Waals surface area contributed by atoms with E-state index in [4.69, 9.17) is 16.3 Å². The monoisotopic (exact) mass is 489 g/mol. The van der Waals surface area contributed by atoms with Crippen LogP contribution in [0.2, 0.25) is 5.02 Å². The SMILES string of the molecule is O=C(O)Cc1c(C(=O)O)c2cc(Oc3ccc(C(F)(F)F)cc3)ccc2n1-c1cccc(Cl)c1. The third kappa shape index (κ3) is 4.55. The number of alkyl halides is 3. The zero-order chi connectivity index (χ0) is 24.6. The third-order valence-electron chi connectivity index (χ3n) is 5.05. The number of fused-ring (bicyclic) bond motifs is 1. The molecule has 3 aromatic carbocycles. The Hall–Kier alpha value is -3.98. The molecule has 4 rings (SSSR count). The van der Waals surface area contributed by atoms with E-state index in [0.29, 0.717) is 16.2 Å². The molecule has 0 saturated heterocycles. The van der Waals surface area contributed by atoms with Crippen molar-refractivity contribution in [3.05, 3.63) is 88.6 Å². The maximum Gasteiger partial charge on any atom is 0.416 e. The summed E-state index contributed by atoms with van der Waals surface area (Å²) in [6, 6.07) is 15.0. The number of aromatic carboxylic acids is 1. The molecule has 2 N–H and O–H groups in total. The van der Waals surface area contributed by atoms with Gasteiger partial charge in [0.2, 0.25) is 0 Å². The minimum absolute atomic E-state index is 0.0314. The Morgan fingerprint density at radius 3 is 2.21 bits per heavy atom. The average Bonchev–Trinajstić information content (AvgIpc) is 3.06. The van der Waals surface area contributed by atoms with Crippen LogP contribution in [-0.4, -0.2) is 26.7 Å². The van der Waals surface area contributed by atoms with Gasteiger partial charge in [0.25, 0.3) is 0 Å². The molecule has 6 nitrogen and oxygen atoms in total. The summed E-state index contributed by atoms with van der Waals surface area (Å²) in [6.07, 6.45) is -5.06. The van der Waals surface area contributed by atoms with Crippen molar-refractivity contribution in [3.63, 3.8) is 0 Å². The number of hydrogen-bond donors (Lipinski definition) is 2. The highest BCUT2D eigenvalue weighted by Gasteiger charge is 2.30. The quantitative estimate of drug-likeness (QED) is 0.326. The molecule has 0 atom stereocenters. The Balaban J connectivity index is 1.85. The Bertz CT molecular complexity index is 1410. The topological polar surface area (TPSA) is 88.8 Å². The minimum Gasteiger partial charge on any atom is -0.481 e. The summed E-state index contributed by atoms with van der Waals surface area (Å²) in [6.45, 7) is 0. The molecule has 1 aromatic heterocycles. The van der Waals surface area contributed by atoms with Crippen LogP contribution < -0.4 is 4.74 Å². The van der Waals surface area contributed by atoms with Crippen LogP contribution in [0.4, 0.5) is 13.2 Å². The van der Waals surface area contributed by atoms with E-state index >= 15 is 0 Å². The number of rotatable bonds is 6. The number of aromatic nitrogens is 1. The molecule has 0 spiro atoms. The fourth-order valence-corrected chi connectivity index (χ4v) is 3.88. The smallest absolute Gasteiger partial charge is 0.416 e. The van der Waals surface area contributed by atoms with Gasteiger partial charge < -0.3 is 19.5 Å². The number of aliphatic carboxylic acids is 1. The second-order valence-electron chi connectivity index (χ2n) is 7.32. The van der Waals surface area contributed by atoms with Crippen LogP contribution in [0.3, 0.4) is 0 Å². The first kappa shape index (κ1) is 23.2.